The molecule has 1 aromatic carbocycles. The first-order chi connectivity index (χ1) is 8.47. The summed E-state index contributed by atoms with van der Waals surface area (Å²) < 4.78 is 32.3. The molecule has 0 radical (unpaired) electrons. The normalized spacial score (nSPS) is 11.7. The predicted octanol–water partition coefficient (Wildman–Crippen LogP) is 2.46. The molecule has 4 nitrogen and oxygen atoms in total. The summed E-state index contributed by atoms with van der Waals surface area (Å²) in [5, 5.41) is 0. The van der Waals surface area contributed by atoms with Gasteiger partial charge in [-0.25, -0.2) is 13.1 Å². The van der Waals surface area contributed by atoms with Gasteiger partial charge in [0.05, 0.1) is 4.90 Å². The van der Waals surface area contributed by atoms with Gasteiger partial charge in [0.1, 0.15) is 0 Å². The van der Waals surface area contributed by atoms with Gasteiger partial charge in [0.25, 0.3) is 0 Å². The molecule has 0 saturated heterocycles. The first-order valence-electron chi connectivity index (χ1n) is 5.81. The minimum absolute atomic E-state index is 0.268. The fourth-order valence-electron chi connectivity index (χ4n) is 1.43. The van der Waals surface area contributed by atoms with Crippen molar-refractivity contribution in [2.75, 3.05) is 19.8 Å². The molecule has 0 amide bonds. The lowest BCUT2D eigenvalue weighted by Gasteiger charge is -2.09. The molecule has 18 heavy (non-hydrogen) atoms. The quantitative estimate of drug-likeness (QED) is 0.778. The molecule has 0 spiro atoms. The second kappa shape index (κ2) is 7.23. The third kappa shape index (κ3) is 4.68. The van der Waals surface area contributed by atoms with Gasteiger partial charge in [-0.1, -0.05) is 6.07 Å². The van der Waals surface area contributed by atoms with E-state index in [1.165, 1.54) is 0 Å². The summed E-state index contributed by atoms with van der Waals surface area (Å²) in [6.07, 6.45) is 0.663. The predicted molar refractivity (Wildman–Crippen MR) is 75.2 cm³/mol. The number of halogens is 1. The van der Waals surface area contributed by atoms with Crippen LogP contribution in [0.4, 0.5) is 0 Å². The maximum atomic E-state index is 12.0. The first kappa shape index (κ1) is 15.6. The Bertz CT molecular complexity index is 488. The second-order valence-corrected chi connectivity index (χ2v) is 6.47. The zero-order chi connectivity index (χ0) is 13.6. The molecular formula is C12H18BrNO3S. The standard InChI is InChI=1S/C12H18BrNO3S/c1-3-17-8-4-7-14-18(15,16)12-6-5-10(2)9-11(12)13/h5-6,9,14H,3-4,7-8H2,1-2H3. The topological polar surface area (TPSA) is 55.4 Å². The summed E-state index contributed by atoms with van der Waals surface area (Å²) in [6, 6.07) is 5.17. The molecule has 0 bridgehead atoms. The average molecular weight is 336 g/mol. The van der Waals surface area contributed by atoms with E-state index < -0.39 is 10.0 Å². The molecule has 1 rings (SSSR count). The molecule has 0 fully saturated rings. The number of aryl methyl sites for hydroxylation is 1. The second-order valence-electron chi connectivity index (χ2n) is 3.88. The number of rotatable bonds is 7. The third-order valence-corrected chi connectivity index (χ3v) is 4.78. The van der Waals surface area contributed by atoms with E-state index in [2.05, 4.69) is 20.7 Å². The Hall–Kier alpha value is -0.430. The van der Waals surface area contributed by atoms with Crippen molar-refractivity contribution in [1.82, 2.24) is 4.72 Å². The SMILES string of the molecule is CCOCCCNS(=O)(=O)c1ccc(C)cc1Br. The van der Waals surface area contributed by atoms with Crippen molar-refractivity contribution in [1.29, 1.82) is 0 Å². The van der Waals surface area contributed by atoms with E-state index in [0.29, 0.717) is 30.7 Å². The minimum Gasteiger partial charge on any atom is -0.382 e. The highest BCUT2D eigenvalue weighted by Crippen LogP contribution is 2.22. The summed E-state index contributed by atoms with van der Waals surface area (Å²) in [4.78, 5) is 0.268. The molecule has 0 aliphatic heterocycles. The van der Waals surface area contributed by atoms with Crippen LogP contribution in [0.1, 0.15) is 18.9 Å². The number of hydrogen-bond acceptors (Lipinski definition) is 3. The van der Waals surface area contributed by atoms with Crippen molar-refractivity contribution in [2.45, 2.75) is 25.2 Å². The maximum Gasteiger partial charge on any atom is 0.241 e. The lowest BCUT2D eigenvalue weighted by atomic mass is 10.2. The summed E-state index contributed by atoms with van der Waals surface area (Å²) in [5.74, 6) is 0. The van der Waals surface area contributed by atoms with Crippen LogP contribution in [0.25, 0.3) is 0 Å². The van der Waals surface area contributed by atoms with Gasteiger partial charge in [-0.15, -0.1) is 0 Å². The Kier molecular flexibility index (Phi) is 6.28. The molecule has 6 heteroatoms. The van der Waals surface area contributed by atoms with Crippen LogP contribution in [0.5, 0.6) is 0 Å². The van der Waals surface area contributed by atoms with E-state index in [9.17, 15) is 8.42 Å². The molecule has 1 aromatic rings. The van der Waals surface area contributed by atoms with E-state index >= 15 is 0 Å². The van der Waals surface area contributed by atoms with Crippen LogP contribution >= 0.6 is 15.9 Å². The average Bonchev–Trinajstić information content (AvgIpc) is 2.28. The molecule has 1 N–H and O–H groups in total. The molecule has 0 heterocycles. The van der Waals surface area contributed by atoms with Crippen molar-refractivity contribution < 1.29 is 13.2 Å². The van der Waals surface area contributed by atoms with Gasteiger partial charge in [-0.3, -0.25) is 0 Å². The number of benzene rings is 1. The molecule has 102 valence electrons. The highest BCUT2D eigenvalue weighted by Gasteiger charge is 2.16. The van der Waals surface area contributed by atoms with Gasteiger partial charge in [-0.05, 0) is 53.9 Å². The Morgan fingerprint density at radius 3 is 2.72 bits per heavy atom. The van der Waals surface area contributed by atoms with Gasteiger partial charge in [-0.2, -0.15) is 0 Å². The molecule has 0 aliphatic carbocycles. The Labute approximate surface area is 117 Å². The monoisotopic (exact) mass is 335 g/mol. The summed E-state index contributed by atoms with van der Waals surface area (Å²) in [7, 11) is -3.45. The number of nitrogens with one attached hydrogen (secondary N) is 1. The van der Waals surface area contributed by atoms with Crippen LogP contribution in [-0.4, -0.2) is 28.2 Å². The summed E-state index contributed by atoms with van der Waals surface area (Å²) >= 11 is 3.27. The van der Waals surface area contributed by atoms with Crippen molar-refractivity contribution in [3.8, 4) is 0 Å². The Morgan fingerprint density at radius 1 is 1.39 bits per heavy atom. The van der Waals surface area contributed by atoms with Crippen LogP contribution in [-0.2, 0) is 14.8 Å². The van der Waals surface area contributed by atoms with E-state index in [4.69, 9.17) is 4.74 Å². The van der Waals surface area contributed by atoms with Gasteiger partial charge < -0.3 is 4.74 Å². The first-order valence-corrected chi connectivity index (χ1v) is 8.08. The molecule has 0 unspecified atom stereocenters. The van der Waals surface area contributed by atoms with Crippen LogP contribution in [0.3, 0.4) is 0 Å². The number of hydrogen-bond donors (Lipinski definition) is 1. The molecule has 0 aromatic heterocycles. The van der Waals surface area contributed by atoms with Crippen LogP contribution in [0, 0.1) is 6.92 Å². The van der Waals surface area contributed by atoms with E-state index in [1.54, 1.807) is 18.2 Å². The molecule has 0 aliphatic rings. The Morgan fingerprint density at radius 2 is 2.11 bits per heavy atom. The van der Waals surface area contributed by atoms with Crippen molar-refractivity contribution in [2.24, 2.45) is 0 Å². The Balaban J connectivity index is 2.63. The third-order valence-electron chi connectivity index (χ3n) is 2.34. The molecular weight excluding hydrogens is 318 g/mol. The van der Waals surface area contributed by atoms with E-state index in [-0.39, 0.29) is 4.90 Å². The number of ether oxygens (including phenoxy) is 1. The zero-order valence-electron chi connectivity index (χ0n) is 10.6. The zero-order valence-corrected chi connectivity index (χ0v) is 13.0. The lowest BCUT2D eigenvalue weighted by Crippen LogP contribution is -2.26. The smallest absolute Gasteiger partial charge is 0.241 e. The van der Waals surface area contributed by atoms with Crippen molar-refractivity contribution in [3.05, 3.63) is 28.2 Å². The molecule has 0 saturated carbocycles. The van der Waals surface area contributed by atoms with E-state index in [0.717, 1.165) is 5.56 Å². The minimum atomic E-state index is -3.45. The maximum absolute atomic E-state index is 12.0. The molecule has 0 atom stereocenters. The summed E-state index contributed by atoms with van der Waals surface area (Å²) in [5.41, 5.74) is 1.01. The largest absolute Gasteiger partial charge is 0.382 e. The van der Waals surface area contributed by atoms with Gasteiger partial charge in [0.15, 0.2) is 0 Å². The summed E-state index contributed by atoms with van der Waals surface area (Å²) in [6.45, 7) is 5.41. The fourth-order valence-corrected chi connectivity index (χ4v) is 3.69. The van der Waals surface area contributed by atoms with Gasteiger partial charge in [0, 0.05) is 24.2 Å². The van der Waals surface area contributed by atoms with Crippen LogP contribution < -0.4 is 4.72 Å². The highest BCUT2D eigenvalue weighted by atomic mass is 79.9. The van der Waals surface area contributed by atoms with Crippen LogP contribution in [0.2, 0.25) is 0 Å². The highest BCUT2D eigenvalue weighted by molar-refractivity contribution is 9.10. The van der Waals surface area contributed by atoms with Crippen molar-refractivity contribution in [3.63, 3.8) is 0 Å². The van der Waals surface area contributed by atoms with E-state index in [1.807, 2.05) is 13.8 Å². The number of sulfonamides is 1. The van der Waals surface area contributed by atoms with Gasteiger partial charge >= 0.3 is 0 Å². The van der Waals surface area contributed by atoms with Gasteiger partial charge in [0.2, 0.25) is 10.0 Å². The fraction of sp³-hybridized carbons (Fsp3) is 0.500. The lowest BCUT2D eigenvalue weighted by molar-refractivity contribution is 0.146. The van der Waals surface area contributed by atoms with Crippen molar-refractivity contribution >= 4 is 26.0 Å². The van der Waals surface area contributed by atoms with Crippen LogP contribution in [0.15, 0.2) is 27.6 Å².